The summed E-state index contributed by atoms with van der Waals surface area (Å²) in [7, 11) is 0. The molecule has 3 heteroatoms. The molecule has 0 aromatic rings. The SMILES string of the molecule is CC.CC1CCC(Br)=C(CN2CCNCC2)CC1. The molecule has 2 aliphatic rings. The number of hydrogen-bond donors (Lipinski definition) is 1. The van der Waals surface area contributed by atoms with Crippen molar-refractivity contribution in [1.82, 2.24) is 10.2 Å². The van der Waals surface area contributed by atoms with Crippen LogP contribution in [0, 0.1) is 5.92 Å². The van der Waals surface area contributed by atoms with Crippen molar-refractivity contribution in [2.75, 3.05) is 32.7 Å². The molecule has 0 spiro atoms. The zero-order valence-corrected chi connectivity index (χ0v) is 13.9. The van der Waals surface area contributed by atoms with E-state index in [4.69, 9.17) is 0 Å². The van der Waals surface area contributed by atoms with Gasteiger partial charge in [0.2, 0.25) is 0 Å². The highest BCUT2D eigenvalue weighted by Gasteiger charge is 2.17. The van der Waals surface area contributed by atoms with Gasteiger partial charge in [0.05, 0.1) is 0 Å². The number of halogens is 1. The second-order valence-corrected chi connectivity index (χ2v) is 6.17. The van der Waals surface area contributed by atoms with Crippen LogP contribution in [0.2, 0.25) is 0 Å². The molecular formula is C15H29BrN2. The van der Waals surface area contributed by atoms with Gasteiger partial charge in [0.25, 0.3) is 0 Å². The molecule has 0 bridgehead atoms. The van der Waals surface area contributed by atoms with E-state index >= 15 is 0 Å². The third-order valence-electron chi connectivity index (χ3n) is 3.80. The van der Waals surface area contributed by atoms with E-state index in [2.05, 4.69) is 33.1 Å². The number of rotatable bonds is 2. The van der Waals surface area contributed by atoms with Gasteiger partial charge in [0.15, 0.2) is 0 Å². The third kappa shape index (κ3) is 5.41. The molecular weight excluding hydrogens is 288 g/mol. The van der Waals surface area contributed by atoms with Crippen LogP contribution in [0.25, 0.3) is 0 Å². The Hall–Kier alpha value is 0.140. The quantitative estimate of drug-likeness (QED) is 0.834. The fourth-order valence-electron chi connectivity index (χ4n) is 2.55. The zero-order valence-electron chi connectivity index (χ0n) is 12.3. The molecule has 1 aliphatic carbocycles. The van der Waals surface area contributed by atoms with Crippen LogP contribution in [0.5, 0.6) is 0 Å². The Bertz CT molecular complexity index is 257. The van der Waals surface area contributed by atoms with Gasteiger partial charge in [-0.1, -0.05) is 36.7 Å². The number of piperazine rings is 1. The van der Waals surface area contributed by atoms with Crippen molar-refractivity contribution in [2.24, 2.45) is 5.92 Å². The van der Waals surface area contributed by atoms with Gasteiger partial charge in [0.1, 0.15) is 0 Å². The minimum atomic E-state index is 0.896. The molecule has 1 aliphatic heterocycles. The average molecular weight is 317 g/mol. The minimum absolute atomic E-state index is 0.896. The monoisotopic (exact) mass is 316 g/mol. The van der Waals surface area contributed by atoms with Gasteiger partial charge < -0.3 is 5.32 Å². The smallest absolute Gasteiger partial charge is 0.0204 e. The van der Waals surface area contributed by atoms with E-state index in [0.29, 0.717) is 0 Å². The molecule has 1 unspecified atom stereocenters. The van der Waals surface area contributed by atoms with E-state index in [0.717, 1.165) is 19.0 Å². The maximum absolute atomic E-state index is 3.80. The molecule has 106 valence electrons. The molecule has 2 nitrogen and oxygen atoms in total. The molecule has 1 atom stereocenters. The Morgan fingerprint density at radius 1 is 1.17 bits per heavy atom. The van der Waals surface area contributed by atoms with E-state index in [1.807, 2.05) is 13.8 Å². The van der Waals surface area contributed by atoms with E-state index < -0.39 is 0 Å². The first-order chi connectivity index (χ1) is 8.75. The van der Waals surface area contributed by atoms with Gasteiger partial charge in [0, 0.05) is 32.7 Å². The normalized spacial score (nSPS) is 26.3. The standard InChI is InChI=1S/C13H23BrN2.C2H6/c1-11-2-4-12(13(14)5-3-11)10-16-8-6-15-7-9-16;1-2/h11,15H,2-10H2,1H3;1-2H3. The lowest BCUT2D eigenvalue weighted by atomic mass is 10.0. The first-order valence-corrected chi connectivity index (χ1v) is 8.34. The molecule has 0 radical (unpaired) electrons. The summed E-state index contributed by atoms with van der Waals surface area (Å²) >= 11 is 3.80. The summed E-state index contributed by atoms with van der Waals surface area (Å²) in [5, 5.41) is 3.41. The number of hydrogen-bond acceptors (Lipinski definition) is 2. The van der Waals surface area contributed by atoms with E-state index in [1.165, 1.54) is 49.8 Å². The van der Waals surface area contributed by atoms with Crippen molar-refractivity contribution >= 4 is 15.9 Å². The van der Waals surface area contributed by atoms with Crippen molar-refractivity contribution < 1.29 is 0 Å². The topological polar surface area (TPSA) is 15.3 Å². The molecule has 2 rings (SSSR count). The summed E-state index contributed by atoms with van der Waals surface area (Å²) in [5.74, 6) is 0.896. The molecule has 1 saturated heterocycles. The average Bonchev–Trinajstić information content (AvgIpc) is 2.58. The van der Waals surface area contributed by atoms with Crippen LogP contribution in [0.15, 0.2) is 10.1 Å². The summed E-state index contributed by atoms with van der Waals surface area (Å²) in [6, 6.07) is 0. The summed E-state index contributed by atoms with van der Waals surface area (Å²) in [5.41, 5.74) is 1.66. The Morgan fingerprint density at radius 2 is 1.78 bits per heavy atom. The first-order valence-electron chi connectivity index (χ1n) is 7.55. The minimum Gasteiger partial charge on any atom is -0.314 e. The fourth-order valence-corrected chi connectivity index (χ4v) is 3.11. The van der Waals surface area contributed by atoms with Gasteiger partial charge in [-0.25, -0.2) is 0 Å². The molecule has 18 heavy (non-hydrogen) atoms. The zero-order chi connectivity index (χ0) is 13.4. The Labute approximate surface area is 121 Å². The number of nitrogens with one attached hydrogen (secondary N) is 1. The Kier molecular flexibility index (Phi) is 8.20. The first kappa shape index (κ1) is 16.2. The van der Waals surface area contributed by atoms with Gasteiger partial charge in [-0.15, -0.1) is 0 Å². The Morgan fingerprint density at radius 3 is 2.44 bits per heavy atom. The van der Waals surface area contributed by atoms with Gasteiger partial charge in [-0.2, -0.15) is 0 Å². The highest BCUT2D eigenvalue weighted by molar-refractivity contribution is 9.11. The lowest BCUT2D eigenvalue weighted by Crippen LogP contribution is -2.44. The van der Waals surface area contributed by atoms with Crippen LogP contribution >= 0.6 is 15.9 Å². The molecule has 0 amide bonds. The van der Waals surface area contributed by atoms with Crippen LogP contribution in [0.4, 0.5) is 0 Å². The lowest BCUT2D eigenvalue weighted by Gasteiger charge is -2.28. The second-order valence-electron chi connectivity index (χ2n) is 5.22. The van der Waals surface area contributed by atoms with Crippen molar-refractivity contribution in [3.05, 3.63) is 10.1 Å². The molecule has 0 saturated carbocycles. The highest BCUT2D eigenvalue weighted by Crippen LogP contribution is 2.31. The van der Waals surface area contributed by atoms with Crippen molar-refractivity contribution in [1.29, 1.82) is 0 Å². The summed E-state index contributed by atoms with van der Waals surface area (Å²) < 4.78 is 1.50. The number of nitrogens with zero attached hydrogens (tertiary/aromatic N) is 1. The van der Waals surface area contributed by atoms with E-state index in [1.54, 1.807) is 5.57 Å². The fraction of sp³-hybridized carbons (Fsp3) is 0.867. The predicted molar refractivity (Wildman–Crippen MR) is 84.2 cm³/mol. The summed E-state index contributed by atoms with van der Waals surface area (Å²) in [4.78, 5) is 2.59. The lowest BCUT2D eigenvalue weighted by molar-refractivity contribution is 0.257. The second kappa shape index (κ2) is 9.11. The molecule has 0 aromatic heterocycles. The van der Waals surface area contributed by atoms with Gasteiger partial charge in [-0.05, 0) is 41.7 Å². The maximum Gasteiger partial charge on any atom is 0.0204 e. The van der Waals surface area contributed by atoms with E-state index in [9.17, 15) is 0 Å². The van der Waals surface area contributed by atoms with Gasteiger partial charge in [-0.3, -0.25) is 4.90 Å². The summed E-state index contributed by atoms with van der Waals surface area (Å²) in [6.07, 6.45) is 5.27. The largest absolute Gasteiger partial charge is 0.314 e. The van der Waals surface area contributed by atoms with Crippen LogP contribution < -0.4 is 5.32 Å². The maximum atomic E-state index is 3.80. The predicted octanol–water partition coefficient (Wildman–Crippen LogP) is 3.78. The van der Waals surface area contributed by atoms with Crippen LogP contribution in [-0.2, 0) is 0 Å². The number of allylic oxidation sites excluding steroid dienone is 1. The summed E-state index contributed by atoms with van der Waals surface area (Å²) in [6.45, 7) is 12.3. The van der Waals surface area contributed by atoms with Crippen molar-refractivity contribution in [3.8, 4) is 0 Å². The third-order valence-corrected chi connectivity index (χ3v) is 4.76. The van der Waals surface area contributed by atoms with Crippen molar-refractivity contribution in [3.63, 3.8) is 0 Å². The molecule has 1 fully saturated rings. The molecule has 1 heterocycles. The van der Waals surface area contributed by atoms with E-state index in [-0.39, 0.29) is 0 Å². The molecule has 1 N–H and O–H groups in total. The van der Waals surface area contributed by atoms with Crippen LogP contribution in [0.1, 0.15) is 46.5 Å². The van der Waals surface area contributed by atoms with Gasteiger partial charge >= 0.3 is 0 Å². The van der Waals surface area contributed by atoms with Crippen molar-refractivity contribution in [2.45, 2.75) is 46.5 Å². The highest BCUT2D eigenvalue weighted by atomic mass is 79.9. The van der Waals surface area contributed by atoms with Crippen LogP contribution in [-0.4, -0.2) is 37.6 Å². The Balaban J connectivity index is 0.000000771. The van der Waals surface area contributed by atoms with Crippen LogP contribution in [0.3, 0.4) is 0 Å². The molecule has 0 aromatic carbocycles.